The molecule has 6 nitrogen and oxygen atoms in total. The maximum absolute atomic E-state index is 12.7. The lowest BCUT2D eigenvalue weighted by Crippen LogP contribution is -2.45. The van der Waals surface area contributed by atoms with Gasteiger partial charge in [0, 0.05) is 30.6 Å². The second-order valence-electron chi connectivity index (χ2n) is 7.64. The molecule has 3 rings (SSSR count). The molecule has 0 saturated carbocycles. The Kier molecular flexibility index (Phi) is 5.94. The maximum Gasteiger partial charge on any atom is 0.271 e. The number of rotatable bonds is 5. The highest BCUT2D eigenvalue weighted by molar-refractivity contribution is 5.93. The molecule has 144 valence electrons. The van der Waals surface area contributed by atoms with E-state index in [0.29, 0.717) is 37.5 Å². The van der Waals surface area contributed by atoms with E-state index in [1.807, 2.05) is 37.3 Å². The first-order valence-electron chi connectivity index (χ1n) is 9.66. The number of piperidine rings is 1. The minimum atomic E-state index is -0.0564. The van der Waals surface area contributed by atoms with Gasteiger partial charge in [-0.05, 0) is 31.7 Å². The van der Waals surface area contributed by atoms with Crippen LogP contribution in [0.1, 0.15) is 44.1 Å². The molecule has 0 unspecified atom stereocenters. The van der Waals surface area contributed by atoms with Crippen LogP contribution in [0.2, 0.25) is 0 Å². The number of H-pyrrole nitrogens is 1. The Morgan fingerprint density at radius 3 is 2.44 bits per heavy atom. The summed E-state index contributed by atoms with van der Waals surface area (Å²) >= 11 is 0. The summed E-state index contributed by atoms with van der Waals surface area (Å²) in [5, 5.41) is 10.2. The highest BCUT2D eigenvalue weighted by Gasteiger charge is 2.29. The normalized spacial score (nSPS) is 16.4. The summed E-state index contributed by atoms with van der Waals surface area (Å²) in [5.74, 6) is 0.446. The number of hydrogen-bond acceptors (Lipinski definition) is 3. The molecule has 27 heavy (non-hydrogen) atoms. The van der Waals surface area contributed by atoms with Crippen molar-refractivity contribution in [3.05, 3.63) is 42.1 Å². The van der Waals surface area contributed by atoms with Crippen LogP contribution in [0.25, 0.3) is 11.3 Å². The second-order valence-corrected chi connectivity index (χ2v) is 7.64. The van der Waals surface area contributed by atoms with Gasteiger partial charge in [0.25, 0.3) is 5.91 Å². The average Bonchev–Trinajstić information content (AvgIpc) is 3.18. The van der Waals surface area contributed by atoms with E-state index in [2.05, 4.69) is 29.4 Å². The molecule has 1 aromatic carbocycles. The Bertz CT molecular complexity index is 776. The van der Waals surface area contributed by atoms with Crippen molar-refractivity contribution >= 4 is 11.8 Å². The molecule has 1 aromatic heterocycles. The molecule has 1 fully saturated rings. The molecule has 2 aromatic rings. The fraction of sp³-hybridized carbons (Fsp3) is 0.476. The van der Waals surface area contributed by atoms with Crippen LogP contribution in [-0.4, -0.2) is 46.0 Å². The molecule has 6 heteroatoms. The Labute approximate surface area is 160 Å². The molecule has 0 bridgehead atoms. The van der Waals surface area contributed by atoms with E-state index < -0.39 is 0 Å². The van der Waals surface area contributed by atoms with Gasteiger partial charge in [-0.1, -0.05) is 44.2 Å². The van der Waals surface area contributed by atoms with Gasteiger partial charge in [-0.3, -0.25) is 14.7 Å². The minimum Gasteiger partial charge on any atom is -0.353 e. The topological polar surface area (TPSA) is 78.1 Å². The van der Waals surface area contributed by atoms with Crippen LogP contribution in [0, 0.1) is 11.8 Å². The first-order valence-corrected chi connectivity index (χ1v) is 9.66. The fourth-order valence-electron chi connectivity index (χ4n) is 3.21. The van der Waals surface area contributed by atoms with Gasteiger partial charge in [0.05, 0.1) is 5.69 Å². The number of carbonyl (C=O) groups excluding carboxylic acids is 2. The third-order valence-electron chi connectivity index (χ3n) is 5.40. The first-order chi connectivity index (χ1) is 13.0. The quantitative estimate of drug-likeness (QED) is 0.851. The molecule has 1 atom stereocenters. The van der Waals surface area contributed by atoms with Crippen LogP contribution < -0.4 is 5.32 Å². The van der Waals surface area contributed by atoms with Crippen molar-refractivity contribution in [3.8, 4) is 11.3 Å². The van der Waals surface area contributed by atoms with Gasteiger partial charge in [0.2, 0.25) is 5.91 Å². The van der Waals surface area contributed by atoms with Crippen molar-refractivity contribution in [2.45, 2.75) is 39.7 Å². The number of aromatic amines is 1. The predicted molar refractivity (Wildman–Crippen MR) is 105 cm³/mol. The lowest BCUT2D eigenvalue weighted by Gasteiger charge is -2.32. The summed E-state index contributed by atoms with van der Waals surface area (Å²) in [5.41, 5.74) is 2.23. The summed E-state index contributed by atoms with van der Waals surface area (Å²) < 4.78 is 0. The lowest BCUT2D eigenvalue weighted by molar-refractivity contribution is -0.127. The number of aromatic nitrogens is 2. The van der Waals surface area contributed by atoms with Gasteiger partial charge >= 0.3 is 0 Å². The second kappa shape index (κ2) is 8.37. The lowest BCUT2D eigenvalue weighted by atomic mass is 9.94. The van der Waals surface area contributed by atoms with Crippen LogP contribution in [0.3, 0.4) is 0 Å². The van der Waals surface area contributed by atoms with Crippen LogP contribution in [0.4, 0.5) is 0 Å². The Morgan fingerprint density at radius 1 is 1.15 bits per heavy atom. The highest BCUT2D eigenvalue weighted by atomic mass is 16.2. The largest absolute Gasteiger partial charge is 0.353 e. The van der Waals surface area contributed by atoms with Crippen molar-refractivity contribution in [1.82, 2.24) is 20.4 Å². The summed E-state index contributed by atoms with van der Waals surface area (Å²) in [7, 11) is 0. The van der Waals surface area contributed by atoms with Crippen LogP contribution in [0.15, 0.2) is 36.4 Å². The fourth-order valence-corrected chi connectivity index (χ4v) is 3.21. The van der Waals surface area contributed by atoms with Crippen molar-refractivity contribution < 1.29 is 9.59 Å². The van der Waals surface area contributed by atoms with Crippen LogP contribution in [-0.2, 0) is 4.79 Å². The van der Waals surface area contributed by atoms with Gasteiger partial charge in [0.15, 0.2) is 0 Å². The van der Waals surface area contributed by atoms with Crippen molar-refractivity contribution in [2.24, 2.45) is 11.8 Å². The van der Waals surface area contributed by atoms with E-state index in [-0.39, 0.29) is 23.8 Å². The summed E-state index contributed by atoms with van der Waals surface area (Å²) in [6.45, 7) is 7.41. The monoisotopic (exact) mass is 368 g/mol. The van der Waals surface area contributed by atoms with Crippen LogP contribution >= 0.6 is 0 Å². The van der Waals surface area contributed by atoms with Gasteiger partial charge in [-0.25, -0.2) is 0 Å². The highest BCUT2D eigenvalue weighted by Crippen LogP contribution is 2.21. The number of likely N-dealkylation sites (tertiary alicyclic amines) is 1. The molecule has 2 heterocycles. The molecule has 0 spiro atoms. The molecule has 1 saturated heterocycles. The Morgan fingerprint density at radius 2 is 1.81 bits per heavy atom. The molecule has 1 aliphatic heterocycles. The maximum atomic E-state index is 12.7. The third kappa shape index (κ3) is 4.56. The first kappa shape index (κ1) is 19.1. The van der Waals surface area contributed by atoms with E-state index >= 15 is 0 Å². The van der Waals surface area contributed by atoms with Gasteiger partial charge in [0.1, 0.15) is 5.69 Å². The molecule has 1 aliphatic rings. The summed E-state index contributed by atoms with van der Waals surface area (Å²) in [4.78, 5) is 26.9. The number of benzene rings is 1. The van der Waals surface area contributed by atoms with Crippen LogP contribution in [0.5, 0.6) is 0 Å². The van der Waals surface area contributed by atoms with Gasteiger partial charge in [-0.15, -0.1) is 0 Å². The zero-order valence-electron chi connectivity index (χ0n) is 16.2. The number of hydrogen-bond donors (Lipinski definition) is 2. The molecule has 0 radical (unpaired) electrons. The van der Waals surface area contributed by atoms with E-state index in [0.717, 1.165) is 11.3 Å². The van der Waals surface area contributed by atoms with E-state index in [1.54, 1.807) is 11.0 Å². The molecule has 2 amide bonds. The zero-order chi connectivity index (χ0) is 19.4. The standard InChI is InChI=1S/C21H28N4O2/c1-14(2)15(3)22-20(26)17-9-11-25(12-10-17)21(27)19-13-18(23-24-19)16-7-5-4-6-8-16/h4-8,13-15,17H,9-12H2,1-3H3,(H,22,26)(H,23,24)/t15-/m1/s1. The van der Waals surface area contributed by atoms with Crippen molar-refractivity contribution in [3.63, 3.8) is 0 Å². The molecule has 2 N–H and O–H groups in total. The van der Waals surface area contributed by atoms with Crippen molar-refractivity contribution in [2.75, 3.05) is 13.1 Å². The van der Waals surface area contributed by atoms with E-state index in [1.165, 1.54) is 0 Å². The van der Waals surface area contributed by atoms with E-state index in [9.17, 15) is 9.59 Å². The number of nitrogens with zero attached hydrogens (tertiary/aromatic N) is 2. The summed E-state index contributed by atoms with van der Waals surface area (Å²) in [6, 6.07) is 11.7. The SMILES string of the molecule is CC(C)[C@@H](C)NC(=O)C1CCN(C(=O)c2cc(-c3ccccc3)n[nH]2)CC1. The molecular weight excluding hydrogens is 340 g/mol. The van der Waals surface area contributed by atoms with Crippen molar-refractivity contribution in [1.29, 1.82) is 0 Å². The molecule has 0 aliphatic carbocycles. The van der Waals surface area contributed by atoms with E-state index in [4.69, 9.17) is 0 Å². The third-order valence-corrected chi connectivity index (χ3v) is 5.40. The summed E-state index contributed by atoms with van der Waals surface area (Å²) in [6.07, 6.45) is 1.39. The Balaban J connectivity index is 1.56. The molecular formula is C21H28N4O2. The average molecular weight is 368 g/mol. The zero-order valence-corrected chi connectivity index (χ0v) is 16.2. The van der Waals surface area contributed by atoms with Gasteiger partial charge in [-0.2, -0.15) is 5.10 Å². The predicted octanol–water partition coefficient (Wildman–Crippen LogP) is 3.09. The number of amides is 2. The smallest absolute Gasteiger partial charge is 0.271 e. The number of nitrogens with one attached hydrogen (secondary N) is 2. The Hall–Kier alpha value is -2.63. The number of carbonyl (C=O) groups is 2. The minimum absolute atomic E-state index is 0.0168. The van der Waals surface area contributed by atoms with Gasteiger partial charge < -0.3 is 10.2 Å².